The molecule has 1 saturated heterocycles. The largest absolute Gasteiger partial charge is 0.372 e. The van der Waals surface area contributed by atoms with Crippen LogP contribution in [-0.2, 0) is 17.8 Å². The van der Waals surface area contributed by atoms with Gasteiger partial charge < -0.3 is 19.9 Å². The Kier molecular flexibility index (Phi) is 6.11. The van der Waals surface area contributed by atoms with E-state index in [1.807, 2.05) is 23.0 Å². The normalized spacial score (nSPS) is 20.3. The molecule has 1 fully saturated rings. The van der Waals surface area contributed by atoms with E-state index in [9.17, 15) is 4.79 Å². The second-order valence-electron chi connectivity index (χ2n) is 6.99. The molecule has 0 aliphatic carbocycles. The summed E-state index contributed by atoms with van der Waals surface area (Å²) in [7, 11) is 3.51. The lowest BCUT2D eigenvalue weighted by Crippen LogP contribution is -2.33. The first kappa shape index (κ1) is 18.7. The van der Waals surface area contributed by atoms with Gasteiger partial charge in [-0.25, -0.2) is 0 Å². The predicted molar refractivity (Wildman–Crippen MR) is 99.8 cm³/mol. The van der Waals surface area contributed by atoms with Crippen molar-refractivity contribution in [1.29, 1.82) is 0 Å². The summed E-state index contributed by atoms with van der Waals surface area (Å²) in [6, 6.07) is 5.87. The number of aromatic nitrogens is 3. The molecule has 0 unspecified atom stereocenters. The van der Waals surface area contributed by atoms with Gasteiger partial charge in [0.05, 0.1) is 5.69 Å². The Morgan fingerprint density at radius 2 is 2.27 bits per heavy atom. The number of H-pyrrole nitrogens is 1. The monoisotopic (exact) mass is 359 g/mol. The van der Waals surface area contributed by atoms with E-state index in [4.69, 9.17) is 4.74 Å². The van der Waals surface area contributed by atoms with Crippen molar-refractivity contribution < 1.29 is 9.53 Å². The zero-order valence-electron chi connectivity index (χ0n) is 15.9. The van der Waals surface area contributed by atoms with E-state index in [1.165, 1.54) is 0 Å². The number of amides is 1. The van der Waals surface area contributed by atoms with Crippen molar-refractivity contribution in [3.05, 3.63) is 41.5 Å². The highest BCUT2D eigenvalue weighted by Crippen LogP contribution is 2.33. The minimum atomic E-state index is -0.00942. The molecule has 1 aliphatic rings. The SMILES string of the molecule is CCn1nccc1[C@@H]1OCCC[C@H]1CNCc1ccc(C(=O)N(C)C)[nH]1. The molecule has 0 aromatic carbocycles. The van der Waals surface area contributed by atoms with Gasteiger partial charge in [-0.2, -0.15) is 5.10 Å². The molecule has 0 radical (unpaired) electrons. The van der Waals surface area contributed by atoms with Crippen LogP contribution in [0.5, 0.6) is 0 Å². The fraction of sp³-hybridized carbons (Fsp3) is 0.579. The van der Waals surface area contributed by atoms with Crippen molar-refractivity contribution in [2.75, 3.05) is 27.2 Å². The van der Waals surface area contributed by atoms with Crippen LogP contribution in [0.15, 0.2) is 24.4 Å². The summed E-state index contributed by atoms with van der Waals surface area (Å²) in [5, 5.41) is 7.90. The molecule has 142 valence electrons. The highest BCUT2D eigenvalue weighted by atomic mass is 16.5. The number of hydrogen-bond acceptors (Lipinski definition) is 4. The van der Waals surface area contributed by atoms with Crippen LogP contribution in [0.4, 0.5) is 0 Å². The molecular weight excluding hydrogens is 330 g/mol. The molecule has 2 aromatic rings. The zero-order valence-corrected chi connectivity index (χ0v) is 15.9. The van der Waals surface area contributed by atoms with Crippen LogP contribution >= 0.6 is 0 Å². The van der Waals surface area contributed by atoms with Gasteiger partial charge in [0.25, 0.3) is 5.91 Å². The van der Waals surface area contributed by atoms with Crippen molar-refractivity contribution in [3.8, 4) is 0 Å². The highest BCUT2D eigenvalue weighted by molar-refractivity contribution is 5.92. The first-order valence-electron chi connectivity index (χ1n) is 9.33. The number of carbonyl (C=O) groups excluding carboxylic acids is 1. The van der Waals surface area contributed by atoms with Crippen LogP contribution in [0, 0.1) is 5.92 Å². The van der Waals surface area contributed by atoms with Crippen LogP contribution in [-0.4, -0.2) is 52.8 Å². The molecular formula is C19H29N5O2. The molecule has 0 bridgehead atoms. The van der Waals surface area contributed by atoms with E-state index in [0.717, 1.165) is 43.9 Å². The molecule has 3 rings (SSSR count). The van der Waals surface area contributed by atoms with Crippen LogP contribution in [0.1, 0.15) is 47.7 Å². The smallest absolute Gasteiger partial charge is 0.269 e. The molecule has 7 heteroatoms. The number of carbonyl (C=O) groups is 1. The molecule has 0 saturated carbocycles. The van der Waals surface area contributed by atoms with Crippen LogP contribution < -0.4 is 5.32 Å². The van der Waals surface area contributed by atoms with Gasteiger partial charge in [-0.15, -0.1) is 0 Å². The second kappa shape index (κ2) is 8.51. The summed E-state index contributed by atoms with van der Waals surface area (Å²) >= 11 is 0. The molecule has 2 atom stereocenters. The second-order valence-corrected chi connectivity index (χ2v) is 6.99. The average molecular weight is 359 g/mol. The number of ether oxygens (including phenoxy) is 1. The maximum atomic E-state index is 12.0. The summed E-state index contributed by atoms with van der Waals surface area (Å²) in [5.74, 6) is 0.411. The molecule has 1 amide bonds. The Morgan fingerprint density at radius 1 is 1.42 bits per heavy atom. The molecule has 1 aliphatic heterocycles. The van der Waals surface area contributed by atoms with Gasteiger partial charge >= 0.3 is 0 Å². The number of aryl methyl sites for hydroxylation is 1. The first-order valence-corrected chi connectivity index (χ1v) is 9.33. The van der Waals surface area contributed by atoms with Gasteiger partial charge in [0.2, 0.25) is 0 Å². The maximum absolute atomic E-state index is 12.0. The molecule has 0 spiro atoms. The lowest BCUT2D eigenvalue weighted by molar-refractivity contribution is -0.0327. The summed E-state index contributed by atoms with van der Waals surface area (Å²) in [5.41, 5.74) is 2.80. The Hall–Kier alpha value is -2.12. The molecule has 26 heavy (non-hydrogen) atoms. The number of hydrogen-bond donors (Lipinski definition) is 2. The third kappa shape index (κ3) is 4.16. The number of nitrogens with one attached hydrogen (secondary N) is 2. The van der Waals surface area contributed by atoms with E-state index in [0.29, 0.717) is 18.2 Å². The lowest BCUT2D eigenvalue weighted by atomic mass is 9.92. The van der Waals surface area contributed by atoms with E-state index in [1.54, 1.807) is 19.0 Å². The van der Waals surface area contributed by atoms with Gasteiger partial charge in [-0.3, -0.25) is 9.48 Å². The lowest BCUT2D eigenvalue weighted by Gasteiger charge is -2.32. The Balaban J connectivity index is 1.57. The predicted octanol–water partition coefficient (Wildman–Crippen LogP) is 2.19. The van der Waals surface area contributed by atoms with Gasteiger partial charge in [0, 0.05) is 58.1 Å². The average Bonchev–Trinajstić information content (AvgIpc) is 3.30. The quantitative estimate of drug-likeness (QED) is 0.795. The third-order valence-corrected chi connectivity index (χ3v) is 4.89. The topological polar surface area (TPSA) is 75.2 Å². The van der Waals surface area contributed by atoms with Crippen LogP contribution in [0.25, 0.3) is 0 Å². The summed E-state index contributed by atoms with van der Waals surface area (Å²) < 4.78 is 8.10. The Bertz CT molecular complexity index is 721. The number of aromatic amines is 1. The van der Waals surface area contributed by atoms with Gasteiger partial charge in [-0.1, -0.05) is 0 Å². The molecule has 7 nitrogen and oxygen atoms in total. The van der Waals surface area contributed by atoms with E-state index in [-0.39, 0.29) is 12.0 Å². The molecule has 2 N–H and O–H groups in total. The van der Waals surface area contributed by atoms with Crippen LogP contribution in [0.3, 0.4) is 0 Å². The van der Waals surface area contributed by atoms with Gasteiger partial charge in [-0.05, 0) is 38.0 Å². The van der Waals surface area contributed by atoms with Gasteiger partial charge in [0.1, 0.15) is 11.8 Å². The van der Waals surface area contributed by atoms with E-state index < -0.39 is 0 Å². The molecule has 3 heterocycles. The highest BCUT2D eigenvalue weighted by Gasteiger charge is 2.29. The van der Waals surface area contributed by atoms with E-state index in [2.05, 4.69) is 28.4 Å². The van der Waals surface area contributed by atoms with Crippen LogP contribution in [0.2, 0.25) is 0 Å². The fourth-order valence-electron chi connectivity index (χ4n) is 3.53. The maximum Gasteiger partial charge on any atom is 0.269 e. The zero-order chi connectivity index (χ0) is 18.5. The summed E-state index contributed by atoms with van der Waals surface area (Å²) in [6.07, 6.45) is 4.17. The summed E-state index contributed by atoms with van der Waals surface area (Å²) in [6.45, 7) is 5.34. The fourth-order valence-corrected chi connectivity index (χ4v) is 3.53. The van der Waals surface area contributed by atoms with Crippen molar-refractivity contribution in [3.63, 3.8) is 0 Å². The van der Waals surface area contributed by atoms with Crippen molar-refractivity contribution in [2.45, 2.75) is 39.0 Å². The van der Waals surface area contributed by atoms with Crippen molar-refractivity contribution >= 4 is 5.91 Å². The van der Waals surface area contributed by atoms with Crippen molar-refractivity contribution in [2.24, 2.45) is 5.92 Å². The van der Waals surface area contributed by atoms with E-state index >= 15 is 0 Å². The number of rotatable bonds is 7. The van der Waals surface area contributed by atoms with Gasteiger partial charge in [0.15, 0.2) is 0 Å². The molecule has 2 aromatic heterocycles. The number of nitrogens with zero attached hydrogens (tertiary/aromatic N) is 3. The Morgan fingerprint density at radius 3 is 3.04 bits per heavy atom. The Labute approximate surface area is 154 Å². The standard InChI is InChI=1S/C19H29N5O2/c1-4-24-17(9-10-21-24)18-14(6-5-11-26-18)12-20-13-15-7-8-16(22-15)19(25)23(2)3/h7-10,14,18,20,22H,4-6,11-13H2,1-3H3/t14-,18+/m0/s1. The third-order valence-electron chi connectivity index (χ3n) is 4.89. The minimum absolute atomic E-state index is 0.00942. The van der Waals surface area contributed by atoms with Crippen molar-refractivity contribution in [1.82, 2.24) is 25.0 Å². The minimum Gasteiger partial charge on any atom is -0.372 e. The first-order chi connectivity index (χ1) is 12.6. The summed E-state index contributed by atoms with van der Waals surface area (Å²) in [4.78, 5) is 16.7.